The van der Waals surface area contributed by atoms with Gasteiger partial charge in [-0.2, -0.15) is 5.26 Å². The fraction of sp³-hybridized carbons (Fsp3) is 0.0455. The van der Waals surface area contributed by atoms with Crippen molar-refractivity contribution in [2.24, 2.45) is 5.11 Å². The standard InChI is InChI=1S/C22H13F2N5O3S/c23-19-7-6-15(10-14(19)12-25)32-22-18(13-27-28-26)17-8-9-29(21(17)11-20(22)24)33(30,31)16-4-2-1-3-5-16/h1-11H,13H2. The molecule has 1 aromatic heterocycles. The van der Waals surface area contributed by atoms with Crippen molar-refractivity contribution in [3.8, 4) is 17.6 Å². The molecule has 0 fully saturated rings. The summed E-state index contributed by atoms with van der Waals surface area (Å²) in [6, 6.07) is 15.0. The second kappa shape index (κ2) is 8.63. The first-order valence-electron chi connectivity index (χ1n) is 9.38. The van der Waals surface area contributed by atoms with Gasteiger partial charge in [-0.3, -0.25) is 0 Å². The molecule has 0 N–H and O–H groups in total. The number of hydrogen-bond donors (Lipinski definition) is 0. The Kier molecular flexibility index (Phi) is 5.70. The Labute approximate surface area is 186 Å². The van der Waals surface area contributed by atoms with Crippen LogP contribution >= 0.6 is 0 Å². The summed E-state index contributed by atoms with van der Waals surface area (Å²) in [5.41, 5.74) is 8.58. The van der Waals surface area contributed by atoms with Crippen LogP contribution in [0.5, 0.6) is 11.5 Å². The number of aromatic nitrogens is 1. The van der Waals surface area contributed by atoms with Gasteiger partial charge in [0, 0.05) is 34.2 Å². The quantitative estimate of drug-likeness (QED) is 0.208. The summed E-state index contributed by atoms with van der Waals surface area (Å²) in [7, 11) is -4.03. The Balaban J connectivity index is 1.90. The lowest BCUT2D eigenvalue weighted by atomic mass is 10.1. The van der Waals surface area contributed by atoms with Gasteiger partial charge < -0.3 is 4.74 Å². The van der Waals surface area contributed by atoms with Crippen LogP contribution in [-0.4, -0.2) is 12.4 Å². The summed E-state index contributed by atoms with van der Waals surface area (Å²) >= 11 is 0. The lowest BCUT2D eigenvalue weighted by Crippen LogP contribution is -2.12. The monoisotopic (exact) mass is 465 g/mol. The molecule has 0 radical (unpaired) electrons. The van der Waals surface area contributed by atoms with Crippen molar-refractivity contribution in [3.63, 3.8) is 0 Å². The molecule has 0 bridgehead atoms. The number of rotatable bonds is 6. The van der Waals surface area contributed by atoms with Crippen LogP contribution in [0.1, 0.15) is 11.1 Å². The van der Waals surface area contributed by atoms with Gasteiger partial charge in [0.2, 0.25) is 0 Å². The molecule has 4 aromatic rings. The number of azide groups is 1. The highest BCUT2D eigenvalue weighted by molar-refractivity contribution is 7.90. The van der Waals surface area contributed by atoms with Crippen molar-refractivity contribution in [3.05, 3.63) is 100 Å². The maximum Gasteiger partial charge on any atom is 0.268 e. The third-order valence-electron chi connectivity index (χ3n) is 4.84. The molecule has 0 amide bonds. The van der Waals surface area contributed by atoms with E-state index in [1.807, 2.05) is 0 Å². The van der Waals surface area contributed by atoms with Gasteiger partial charge in [0.15, 0.2) is 11.6 Å². The van der Waals surface area contributed by atoms with Crippen LogP contribution in [0.25, 0.3) is 21.3 Å². The number of nitriles is 1. The van der Waals surface area contributed by atoms with E-state index < -0.39 is 21.7 Å². The minimum Gasteiger partial charge on any atom is -0.454 e. The van der Waals surface area contributed by atoms with Gasteiger partial charge in [0.25, 0.3) is 10.0 Å². The van der Waals surface area contributed by atoms with E-state index in [0.29, 0.717) is 0 Å². The van der Waals surface area contributed by atoms with Crippen LogP contribution in [0.2, 0.25) is 0 Å². The van der Waals surface area contributed by atoms with Crippen molar-refractivity contribution in [2.75, 3.05) is 0 Å². The zero-order valence-electron chi connectivity index (χ0n) is 16.7. The van der Waals surface area contributed by atoms with Crippen LogP contribution in [0.3, 0.4) is 0 Å². The van der Waals surface area contributed by atoms with E-state index in [0.717, 1.165) is 22.2 Å². The predicted octanol–water partition coefficient (Wildman–Crippen LogP) is 5.63. The molecule has 0 aliphatic rings. The molecule has 8 nitrogen and oxygen atoms in total. The van der Waals surface area contributed by atoms with Crippen LogP contribution in [0, 0.1) is 23.0 Å². The maximum atomic E-state index is 15.2. The lowest BCUT2D eigenvalue weighted by Gasteiger charge is -2.14. The van der Waals surface area contributed by atoms with Crippen molar-refractivity contribution in [1.82, 2.24) is 3.97 Å². The Hall–Kier alpha value is -4.39. The number of ether oxygens (including phenoxy) is 1. The Morgan fingerprint density at radius 3 is 2.55 bits per heavy atom. The topological polar surface area (TPSA) is 121 Å². The number of nitrogens with zero attached hydrogens (tertiary/aromatic N) is 5. The van der Waals surface area contributed by atoms with E-state index in [4.69, 9.17) is 15.5 Å². The van der Waals surface area contributed by atoms with E-state index in [2.05, 4.69) is 10.0 Å². The first-order chi connectivity index (χ1) is 15.9. The number of hydrogen-bond acceptors (Lipinski definition) is 5. The molecule has 0 saturated carbocycles. The molecular weight excluding hydrogens is 452 g/mol. The van der Waals surface area contributed by atoms with Gasteiger partial charge in [-0.05, 0) is 35.9 Å². The van der Waals surface area contributed by atoms with Crippen molar-refractivity contribution < 1.29 is 21.9 Å². The summed E-state index contributed by atoms with van der Waals surface area (Å²) in [4.78, 5) is 2.70. The first-order valence-corrected chi connectivity index (χ1v) is 10.8. The van der Waals surface area contributed by atoms with E-state index in [-0.39, 0.29) is 45.0 Å². The number of benzene rings is 3. The molecular formula is C22H13F2N5O3S. The Morgan fingerprint density at radius 2 is 1.85 bits per heavy atom. The summed E-state index contributed by atoms with van der Waals surface area (Å²) in [6.07, 6.45) is 1.27. The van der Waals surface area contributed by atoms with Gasteiger partial charge >= 0.3 is 0 Å². The minimum absolute atomic E-state index is 0.00942. The Morgan fingerprint density at radius 1 is 1.09 bits per heavy atom. The van der Waals surface area contributed by atoms with Crippen molar-refractivity contribution in [2.45, 2.75) is 11.4 Å². The number of fused-ring (bicyclic) bond motifs is 1. The molecule has 0 atom stereocenters. The van der Waals surface area contributed by atoms with Gasteiger partial charge in [0.05, 0.1) is 22.5 Å². The van der Waals surface area contributed by atoms with Crippen LogP contribution in [0.15, 0.2) is 76.9 Å². The lowest BCUT2D eigenvalue weighted by molar-refractivity contribution is 0.436. The van der Waals surface area contributed by atoms with Crippen LogP contribution in [0.4, 0.5) is 8.78 Å². The minimum atomic E-state index is -4.03. The molecule has 3 aromatic carbocycles. The van der Waals surface area contributed by atoms with Crippen molar-refractivity contribution >= 4 is 20.9 Å². The molecule has 0 spiro atoms. The second-order valence-corrected chi connectivity index (χ2v) is 8.59. The summed E-state index contributed by atoms with van der Waals surface area (Å²) in [5, 5.41) is 12.8. The normalized spacial score (nSPS) is 11.1. The highest BCUT2D eigenvalue weighted by Gasteiger charge is 2.23. The molecule has 0 saturated heterocycles. The Bertz CT molecular complexity index is 1570. The molecule has 11 heteroatoms. The molecule has 0 aliphatic heterocycles. The molecule has 0 aliphatic carbocycles. The summed E-state index contributed by atoms with van der Waals surface area (Å²) in [5.74, 6) is -2.06. The van der Waals surface area contributed by atoms with E-state index in [9.17, 15) is 12.8 Å². The summed E-state index contributed by atoms with van der Waals surface area (Å²) < 4.78 is 61.5. The largest absolute Gasteiger partial charge is 0.454 e. The van der Waals surface area contributed by atoms with Gasteiger partial charge in [0.1, 0.15) is 17.6 Å². The van der Waals surface area contributed by atoms with E-state index >= 15 is 4.39 Å². The average Bonchev–Trinajstić information content (AvgIpc) is 3.24. The third kappa shape index (κ3) is 3.96. The number of halogens is 2. The fourth-order valence-electron chi connectivity index (χ4n) is 3.33. The predicted molar refractivity (Wildman–Crippen MR) is 115 cm³/mol. The fourth-order valence-corrected chi connectivity index (χ4v) is 4.69. The SMILES string of the molecule is N#Cc1cc(Oc2c(F)cc3c(ccn3S(=O)(=O)c3ccccc3)c2CN=[N+]=[N-])ccc1F. The molecule has 0 unspecified atom stereocenters. The van der Waals surface area contributed by atoms with Crippen LogP contribution in [-0.2, 0) is 16.6 Å². The average molecular weight is 465 g/mol. The smallest absolute Gasteiger partial charge is 0.268 e. The second-order valence-electron chi connectivity index (χ2n) is 6.77. The molecule has 164 valence electrons. The molecule has 4 rings (SSSR count). The highest BCUT2D eigenvalue weighted by Crippen LogP contribution is 2.37. The van der Waals surface area contributed by atoms with Gasteiger partial charge in [-0.25, -0.2) is 21.2 Å². The van der Waals surface area contributed by atoms with Gasteiger partial charge in [-0.1, -0.05) is 23.3 Å². The highest BCUT2D eigenvalue weighted by atomic mass is 32.2. The van der Waals surface area contributed by atoms with Gasteiger partial charge in [-0.15, -0.1) is 0 Å². The van der Waals surface area contributed by atoms with E-state index in [1.165, 1.54) is 30.5 Å². The third-order valence-corrected chi connectivity index (χ3v) is 6.54. The first kappa shape index (κ1) is 21.8. The van der Waals surface area contributed by atoms with Crippen LogP contribution < -0.4 is 4.74 Å². The molecule has 1 heterocycles. The van der Waals surface area contributed by atoms with Crippen molar-refractivity contribution in [1.29, 1.82) is 5.26 Å². The maximum absolute atomic E-state index is 15.2. The zero-order valence-corrected chi connectivity index (χ0v) is 17.5. The summed E-state index contributed by atoms with van der Waals surface area (Å²) in [6.45, 7) is -0.345. The van der Waals surface area contributed by atoms with E-state index in [1.54, 1.807) is 24.3 Å². The zero-order chi connectivity index (χ0) is 23.6. The molecule has 33 heavy (non-hydrogen) atoms.